The molecular formula is C14H20N2O3. The fourth-order valence-electron chi connectivity index (χ4n) is 1.47. The zero-order valence-corrected chi connectivity index (χ0v) is 11.5. The quantitative estimate of drug-likeness (QED) is 0.744. The third kappa shape index (κ3) is 6.57. The molecule has 0 fully saturated rings. The van der Waals surface area contributed by atoms with Crippen LogP contribution in [0.1, 0.15) is 26.3 Å². The van der Waals surface area contributed by atoms with Crippen LogP contribution in [0.5, 0.6) is 0 Å². The van der Waals surface area contributed by atoms with Crippen molar-refractivity contribution in [3.05, 3.63) is 29.8 Å². The van der Waals surface area contributed by atoms with E-state index in [-0.39, 0.29) is 24.8 Å². The number of amides is 2. The first-order valence-electron chi connectivity index (χ1n) is 6.12. The monoisotopic (exact) mass is 264 g/mol. The van der Waals surface area contributed by atoms with Crippen LogP contribution in [-0.2, 0) is 16.0 Å². The van der Waals surface area contributed by atoms with Crippen molar-refractivity contribution in [2.75, 3.05) is 11.9 Å². The number of hydrogen-bond acceptors (Lipinski definition) is 3. The first-order valence-corrected chi connectivity index (χ1v) is 6.12. The molecule has 5 heteroatoms. The lowest BCUT2D eigenvalue weighted by molar-refractivity contribution is -0.121. The normalized spacial score (nSPS) is 10.9. The van der Waals surface area contributed by atoms with Crippen molar-refractivity contribution in [1.82, 2.24) is 5.32 Å². The molecule has 104 valence electrons. The number of benzene rings is 1. The van der Waals surface area contributed by atoms with E-state index < -0.39 is 5.60 Å². The number of rotatable bonds is 5. The molecule has 1 aromatic rings. The van der Waals surface area contributed by atoms with Crippen molar-refractivity contribution in [3.63, 3.8) is 0 Å². The molecule has 0 saturated heterocycles. The maximum atomic E-state index is 11.6. The molecule has 0 aromatic heterocycles. The molecule has 19 heavy (non-hydrogen) atoms. The third-order valence-corrected chi connectivity index (χ3v) is 2.36. The Kier molecular flexibility index (Phi) is 5.06. The average Bonchev–Trinajstić information content (AvgIpc) is 2.28. The van der Waals surface area contributed by atoms with Gasteiger partial charge in [-0.15, -0.1) is 0 Å². The van der Waals surface area contributed by atoms with Crippen LogP contribution in [0.4, 0.5) is 5.69 Å². The van der Waals surface area contributed by atoms with E-state index in [1.165, 1.54) is 6.92 Å². The van der Waals surface area contributed by atoms with Gasteiger partial charge >= 0.3 is 0 Å². The lowest BCUT2D eigenvalue weighted by Gasteiger charge is -2.17. The zero-order chi connectivity index (χ0) is 14.5. The summed E-state index contributed by atoms with van der Waals surface area (Å²) in [6.45, 7) is 4.93. The minimum Gasteiger partial charge on any atom is -0.389 e. The second-order valence-corrected chi connectivity index (χ2v) is 5.14. The Labute approximate surface area is 113 Å². The molecule has 2 amide bonds. The molecule has 0 radical (unpaired) electrons. The fourth-order valence-corrected chi connectivity index (χ4v) is 1.47. The van der Waals surface area contributed by atoms with Gasteiger partial charge in [-0.25, -0.2) is 0 Å². The molecular weight excluding hydrogens is 244 g/mol. The van der Waals surface area contributed by atoms with E-state index in [9.17, 15) is 14.7 Å². The zero-order valence-electron chi connectivity index (χ0n) is 11.5. The first kappa shape index (κ1) is 15.2. The predicted octanol–water partition coefficient (Wildman–Crippen LogP) is 1.07. The number of carbonyl (C=O) groups excluding carboxylic acids is 2. The predicted molar refractivity (Wildman–Crippen MR) is 73.8 cm³/mol. The number of carbonyl (C=O) groups is 2. The van der Waals surface area contributed by atoms with E-state index in [4.69, 9.17) is 0 Å². The average molecular weight is 264 g/mol. The summed E-state index contributed by atoms with van der Waals surface area (Å²) in [6, 6.07) is 7.07. The summed E-state index contributed by atoms with van der Waals surface area (Å²) in [5.41, 5.74) is 0.640. The minimum atomic E-state index is -0.912. The Morgan fingerprint density at radius 1 is 1.21 bits per heavy atom. The summed E-state index contributed by atoms with van der Waals surface area (Å²) in [4.78, 5) is 22.5. The molecule has 0 atom stereocenters. The molecule has 0 aliphatic rings. The first-order chi connectivity index (χ1) is 8.76. The molecule has 0 saturated carbocycles. The molecule has 3 N–H and O–H groups in total. The van der Waals surface area contributed by atoms with Gasteiger partial charge in [0.1, 0.15) is 0 Å². The largest absolute Gasteiger partial charge is 0.389 e. The summed E-state index contributed by atoms with van der Waals surface area (Å²) < 4.78 is 0. The summed E-state index contributed by atoms with van der Waals surface area (Å²) in [5.74, 6) is -0.273. The van der Waals surface area contributed by atoms with E-state index in [0.29, 0.717) is 5.69 Å². The Bertz CT molecular complexity index is 447. The van der Waals surface area contributed by atoms with Crippen LogP contribution in [0.15, 0.2) is 24.3 Å². The Hall–Kier alpha value is -1.88. The summed E-state index contributed by atoms with van der Waals surface area (Å²) in [7, 11) is 0. The topological polar surface area (TPSA) is 78.4 Å². The van der Waals surface area contributed by atoms with Crippen LogP contribution in [0.3, 0.4) is 0 Å². The number of nitrogens with one attached hydrogen (secondary N) is 2. The van der Waals surface area contributed by atoms with Gasteiger partial charge in [0, 0.05) is 19.2 Å². The molecule has 0 bridgehead atoms. The van der Waals surface area contributed by atoms with Gasteiger partial charge in [-0.1, -0.05) is 12.1 Å². The van der Waals surface area contributed by atoms with Crippen LogP contribution < -0.4 is 10.6 Å². The van der Waals surface area contributed by atoms with Gasteiger partial charge in [-0.3, -0.25) is 9.59 Å². The number of anilines is 1. The highest BCUT2D eigenvalue weighted by Crippen LogP contribution is 2.10. The van der Waals surface area contributed by atoms with Crippen LogP contribution >= 0.6 is 0 Å². The van der Waals surface area contributed by atoms with Gasteiger partial charge in [-0.05, 0) is 31.5 Å². The molecule has 0 heterocycles. The van der Waals surface area contributed by atoms with Crippen molar-refractivity contribution in [2.24, 2.45) is 0 Å². The van der Waals surface area contributed by atoms with Crippen molar-refractivity contribution < 1.29 is 14.7 Å². The molecule has 5 nitrogen and oxygen atoms in total. The van der Waals surface area contributed by atoms with Gasteiger partial charge < -0.3 is 15.7 Å². The van der Waals surface area contributed by atoms with E-state index in [1.807, 2.05) is 0 Å². The molecule has 0 aliphatic carbocycles. The van der Waals surface area contributed by atoms with Gasteiger partial charge in [0.15, 0.2) is 0 Å². The summed E-state index contributed by atoms with van der Waals surface area (Å²) >= 11 is 0. The second kappa shape index (κ2) is 6.33. The smallest absolute Gasteiger partial charge is 0.224 e. The van der Waals surface area contributed by atoms with E-state index in [0.717, 1.165) is 5.56 Å². The number of aliphatic hydroxyl groups is 1. The van der Waals surface area contributed by atoms with Crippen LogP contribution in [0, 0.1) is 0 Å². The summed E-state index contributed by atoms with van der Waals surface area (Å²) in [6.07, 6.45) is 0.246. The molecule has 0 spiro atoms. The lowest BCUT2D eigenvalue weighted by Crippen LogP contribution is -2.38. The Morgan fingerprint density at radius 3 is 2.26 bits per heavy atom. The standard InChI is InChI=1S/C14H20N2O3/c1-10(17)16-12-6-4-11(5-7-12)8-13(18)15-9-14(2,3)19/h4-7,19H,8-9H2,1-3H3,(H,15,18)(H,16,17). The van der Waals surface area contributed by atoms with Crippen LogP contribution in [0.2, 0.25) is 0 Å². The lowest BCUT2D eigenvalue weighted by atomic mass is 10.1. The number of hydrogen-bond donors (Lipinski definition) is 3. The van der Waals surface area contributed by atoms with Gasteiger partial charge in [0.2, 0.25) is 11.8 Å². The fraction of sp³-hybridized carbons (Fsp3) is 0.429. The van der Waals surface area contributed by atoms with E-state index >= 15 is 0 Å². The highest BCUT2D eigenvalue weighted by molar-refractivity contribution is 5.88. The van der Waals surface area contributed by atoms with Crippen LogP contribution in [0.25, 0.3) is 0 Å². The van der Waals surface area contributed by atoms with Crippen molar-refractivity contribution >= 4 is 17.5 Å². The molecule has 1 rings (SSSR count). The maximum absolute atomic E-state index is 11.6. The minimum absolute atomic E-state index is 0.129. The van der Waals surface area contributed by atoms with E-state index in [2.05, 4.69) is 10.6 Å². The highest BCUT2D eigenvalue weighted by atomic mass is 16.3. The summed E-state index contributed by atoms with van der Waals surface area (Å²) in [5, 5.41) is 14.8. The van der Waals surface area contributed by atoms with Gasteiger partial charge in [0.05, 0.1) is 12.0 Å². The second-order valence-electron chi connectivity index (χ2n) is 5.14. The van der Waals surface area contributed by atoms with Crippen molar-refractivity contribution in [1.29, 1.82) is 0 Å². The molecule has 0 unspecified atom stereocenters. The van der Waals surface area contributed by atoms with Crippen molar-refractivity contribution in [3.8, 4) is 0 Å². The third-order valence-electron chi connectivity index (χ3n) is 2.36. The molecule has 1 aromatic carbocycles. The van der Waals surface area contributed by atoms with E-state index in [1.54, 1.807) is 38.1 Å². The van der Waals surface area contributed by atoms with Gasteiger partial charge in [0.25, 0.3) is 0 Å². The van der Waals surface area contributed by atoms with Gasteiger partial charge in [-0.2, -0.15) is 0 Å². The Morgan fingerprint density at radius 2 is 1.79 bits per heavy atom. The van der Waals surface area contributed by atoms with Crippen molar-refractivity contribution in [2.45, 2.75) is 32.8 Å². The highest BCUT2D eigenvalue weighted by Gasteiger charge is 2.13. The SMILES string of the molecule is CC(=O)Nc1ccc(CC(=O)NCC(C)(C)O)cc1. The maximum Gasteiger partial charge on any atom is 0.224 e. The molecule has 0 aliphatic heterocycles. The Balaban J connectivity index is 2.49. The van der Waals surface area contributed by atoms with Crippen LogP contribution in [-0.4, -0.2) is 29.1 Å².